The van der Waals surface area contributed by atoms with Crippen molar-refractivity contribution in [1.82, 2.24) is 19.6 Å². The minimum absolute atomic E-state index is 0.0703. The van der Waals surface area contributed by atoms with Gasteiger partial charge in [-0.25, -0.2) is 4.68 Å². The first-order valence-electron chi connectivity index (χ1n) is 12.2. The SMILES string of the molecule is CCN(CC)CCCN1C(=O)C(=O)/C(=C(/O)c2cnn(-c3ccccc3)c2C)C1c1ccc(Cl)cc1. The van der Waals surface area contributed by atoms with E-state index in [2.05, 4.69) is 23.8 Å². The lowest BCUT2D eigenvalue weighted by atomic mass is 9.95. The van der Waals surface area contributed by atoms with E-state index in [1.54, 1.807) is 33.8 Å². The molecule has 0 aliphatic carbocycles. The van der Waals surface area contributed by atoms with Gasteiger partial charge in [0.25, 0.3) is 11.7 Å². The van der Waals surface area contributed by atoms with Crippen molar-refractivity contribution in [2.75, 3.05) is 26.2 Å². The Kier molecular flexibility index (Phi) is 7.91. The van der Waals surface area contributed by atoms with Crippen LogP contribution in [0.2, 0.25) is 5.02 Å². The summed E-state index contributed by atoms with van der Waals surface area (Å²) in [7, 11) is 0. The van der Waals surface area contributed by atoms with E-state index >= 15 is 0 Å². The van der Waals surface area contributed by atoms with E-state index in [1.165, 1.54) is 6.20 Å². The average Bonchev–Trinajstić information content (AvgIpc) is 3.40. The number of nitrogens with zero attached hydrogens (tertiary/aromatic N) is 4. The molecule has 7 nitrogen and oxygen atoms in total. The van der Waals surface area contributed by atoms with Crippen molar-refractivity contribution < 1.29 is 14.7 Å². The number of aliphatic hydroxyl groups is 1. The molecule has 1 aliphatic heterocycles. The molecule has 1 atom stereocenters. The molecule has 2 heterocycles. The Hall–Kier alpha value is -3.42. The van der Waals surface area contributed by atoms with E-state index in [4.69, 9.17) is 11.6 Å². The van der Waals surface area contributed by atoms with Crippen molar-refractivity contribution in [3.63, 3.8) is 0 Å². The number of carbonyl (C=O) groups excluding carboxylic acids is 2. The van der Waals surface area contributed by atoms with Crippen molar-refractivity contribution >= 4 is 29.1 Å². The Balaban J connectivity index is 1.76. The molecule has 188 valence electrons. The third kappa shape index (κ3) is 4.94. The molecule has 1 unspecified atom stereocenters. The number of hydrogen-bond donors (Lipinski definition) is 1. The summed E-state index contributed by atoms with van der Waals surface area (Å²) in [6, 6.07) is 15.9. The second kappa shape index (κ2) is 11.1. The normalized spacial score (nSPS) is 17.4. The molecule has 1 amide bonds. The maximum atomic E-state index is 13.3. The highest BCUT2D eigenvalue weighted by molar-refractivity contribution is 6.46. The number of Topliss-reactive ketones (excluding diaryl/α,β-unsaturated/α-hetero) is 1. The summed E-state index contributed by atoms with van der Waals surface area (Å²) in [5.74, 6) is -1.52. The second-order valence-corrected chi connectivity index (χ2v) is 9.25. The molecule has 36 heavy (non-hydrogen) atoms. The highest BCUT2D eigenvalue weighted by Crippen LogP contribution is 2.40. The van der Waals surface area contributed by atoms with E-state index in [9.17, 15) is 14.7 Å². The van der Waals surface area contributed by atoms with Gasteiger partial charge in [-0.15, -0.1) is 0 Å². The molecule has 0 saturated carbocycles. The van der Waals surface area contributed by atoms with Crippen LogP contribution < -0.4 is 0 Å². The Morgan fingerprint density at radius 2 is 1.72 bits per heavy atom. The van der Waals surface area contributed by atoms with Gasteiger partial charge in [0.15, 0.2) is 0 Å². The van der Waals surface area contributed by atoms with Crippen LogP contribution >= 0.6 is 11.6 Å². The van der Waals surface area contributed by atoms with Crippen LogP contribution in [0.25, 0.3) is 11.4 Å². The molecule has 4 rings (SSSR count). The highest BCUT2D eigenvalue weighted by Gasteiger charge is 2.46. The van der Waals surface area contributed by atoms with Crippen LogP contribution in [0.1, 0.15) is 43.1 Å². The zero-order valence-corrected chi connectivity index (χ0v) is 21.6. The van der Waals surface area contributed by atoms with Crippen molar-refractivity contribution in [2.45, 2.75) is 33.2 Å². The number of likely N-dealkylation sites (tertiary alicyclic amines) is 1. The van der Waals surface area contributed by atoms with Gasteiger partial charge in [-0.2, -0.15) is 5.10 Å². The Morgan fingerprint density at radius 1 is 1.06 bits per heavy atom. The molecule has 0 radical (unpaired) electrons. The zero-order valence-electron chi connectivity index (χ0n) is 20.8. The van der Waals surface area contributed by atoms with Crippen LogP contribution in [0.4, 0.5) is 0 Å². The van der Waals surface area contributed by atoms with E-state index in [0.29, 0.717) is 29.2 Å². The number of benzene rings is 2. The predicted octanol–water partition coefficient (Wildman–Crippen LogP) is 4.99. The van der Waals surface area contributed by atoms with Crippen molar-refractivity contribution in [2.24, 2.45) is 0 Å². The minimum Gasteiger partial charge on any atom is -0.507 e. The molecule has 0 spiro atoms. The van der Waals surface area contributed by atoms with Crippen LogP contribution in [0.3, 0.4) is 0 Å². The van der Waals surface area contributed by atoms with Gasteiger partial charge < -0.3 is 14.9 Å². The molecule has 1 fully saturated rings. The number of halogens is 1. The van der Waals surface area contributed by atoms with Crippen molar-refractivity contribution in [3.05, 3.63) is 88.2 Å². The molecule has 2 aromatic carbocycles. The lowest BCUT2D eigenvalue weighted by molar-refractivity contribution is -0.140. The van der Waals surface area contributed by atoms with E-state index in [0.717, 1.165) is 30.9 Å². The summed E-state index contributed by atoms with van der Waals surface area (Å²) in [4.78, 5) is 30.3. The maximum Gasteiger partial charge on any atom is 0.295 e. The Bertz CT molecular complexity index is 1260. The first-order valence-corrected chi connectivity index (χ1v) is 12.6. The fraction of sp³-hybridized carbons (Fsp3) is 0.321. The van der Waals surface area contributed by atoms with Gasteiger partial charge in [-0.1, -0.05) is 55.8 Å². The summed E-state index contributed by atoms with van der Waals surface area (Å²) in [6.07, 6.45) is 2.24. The molecular weight excluding hydrogens is 476 g/mol. The Labute approximate surface area is 216 Å². The van der Waals surface area contributed by atoms with Crippen LogP contribution in [0, 0.1) is 6.92 Å². The molecule has 8 heteroatoms. The van der Waals surface area contributed by atoms with Crippen LogP contribution in [-0.2, 0) is 9.59 Å². The molecule has 1 saturated heterocycles. The number of hydrogen-bond acceptors (Lipinski definition) is 5. The van der Waals surface area contributed by atoms with E-state index < -0.39 is 17.7 Å². The first kappa shape index (κ1) is 25.7. The Morgan fingerprint density at radius 3 is 2.36 bits per heavy atom. The van der Waals surface area contributed by atoms with Gasteiger partial charge in [-0.3, -0.25) is 9.59 Å². The fourth-order valence-electron chi connectivity index (χ4n) is 4.72. The third-order valence-corrected chi connectivity index (χ3v) is 7.01. The molecule has 1 aromatic heterocycles. The minimum atomic E-state index is -0.710. The standard InChI is InChI=1S/C28H31ClN4O3/c1-4-31(5-2)16-9-17-32-25(20-12-14-21(29)15-13-20)24(27(35)28(32)36)26(34)23-18-30-33(19(23)3)22-10-7-6-8-11-22/h6-8,10-15,18,25,34H,4-5,9,16-17H2,1-3H3/b26-24+. The number of carbonyl (C=O) groups is 2. The van der Waals surface area contributed by atoms with Gasteiger partial charge in [0.05, 0.1) is 34.8 Å². The number of aliphatic hydroxyl groups excluding tert-OH is 1. The molecule has 1 aliphatic rings. The summed E-state index contributed by atoms with van der Waals surface area (Å²) in [5.41, 5.74) is 2.71. The molecule has 1 N–H and O–H groups in total. The van der Waals surface area contributed by atoms with Gasteiger partial charge >= 0.3 is 0 Å². The summed E-state index contributed by atoms with van der Waals surface area (Å²) in [5, 5.41) is 16.4. The fourth-order valence-corrected chi connectivity index (χ4v) is 4.85. The van der Waals surface area contributed by atoms with Crippen molar-refractivity contribution in [1.29, 1.82) is 0 Å². The second-order valence-electron chi connectivity index (χ2n) is 8.82. The van der Waals surface area contributed by atoms with Gasteiger partial charge in [0.2, 0.25) is 0 Å². The molecule has 3 aromatic rings. The van der Waals surface area contributed by atoms with Gasteiger partial charge in [0, 0.05) is 11.6 Å². The predicted molar refractivity (Wildman–Crippen MR) is 141 cm³/mol. The highest BCUT2D eigenvalue weighted by atomic mass is 35.5. The largest absolute Gasteiger partial charge is 0.507 e. The monoisotopic (exact) mass is 506 g/mol. The molecule has 0 bridgehead atoms. The summed E-state index contributed by atoms with van der Waals surface area (Å²) < 4.78 is 1.70. The van der Waals surface area contributed by atoms with Crippen LogP contribution in [0.15, 0.2) is 66.4 Å². The topological polar surface area (TPSA) is 78.7 Å². The lowest BCUT2D eigenvalue weighted by Gasteiger charge is -2.26. The number of amides is 1. The number of para-hydroxylation sites is 1. The third-order valence-electron chi connectivity index (χ3n) is 6.76. The zero-order chi connectivity index (χ0) is 25.8. The van der Waals surface area contributed by atoms with Gasteiger partial charge in [-0.05, 0) is 62.8 Å². The number of aromatic nitrogens is 2. The van der Waals surface area contributed by atoms with Crippen molar-refractivity contribution in [3.8, 4) is 5.69 Å². The number of ketones is 1. The average molecular weight is 507 g/mol. The number of rotatable bonds is 9. The summed E-state index contributed by atoms with van der Waals surface area (Å²) in [6.45, 7) is 9.07. The van der Waals surface area contributed by atoms with Crippen LogP contribution in [0.5, 0.6) is 0 Å². The van der Waals surface area contributed by atoms with E-state index in [1.807, 2.05) is 37.3 Å². The summed E-state index contributed by atoms with van der Waals surface area (Å²) >= 11 is 6.11. The van der Waals surface area contributed by atoms with Gasteiger partial charge in [0.1, 0.15) is 5.76 Å². The molecular formula is C28H31ClN4O3. The van der Waals surface area contributed by atoms with E-state index in [-0.39, 0.29) is 11.3 Å². The smallest absolute Gasteiger partial charge is 0.295 e. The lowest BCUT2D eigenvalue weighted by Crippen LogP contribution is -2.33. The maximum absolute atomic E-state index is 13.3. The van der Waals surface area contributed by atoms with Crippen LogP contribution in [-0.4, -0.2) is 62.6 Å². The first-order chi connectivity index (χ1) is 17.4. The quantitative estimate of drug-likeness (QED) is 0.251.